The highest BCUT2D eigenvalue weighted by atomic mass is 32.2. The first-order valence-electron chi connectivity index (χ1n) is 9.90. The molecule has 0 spiro atoms. The van der Waals surface area contributed by atoms with Gasteiger partial charge in [-0.1, -0.05) is 78.3 Å². The van der Waals surface area contributed by atoms with E-state index in [1.165, 1.54) is 48.1 Å². The fraction of sp³-hybridized carbons (Fsp3) is 0.682. The first-order valence-corrected chi connectivity index (χ1v) is 11.1. The van der Waals surface area contributed by atoms with Gasteiger partial charge in [-0.15, -0.1) is 0 Å². The van der Waals surface area contributed by atoms with Crippen LogP contribution in [0, 0.1) is 0 Å². The fourth-order valence-electron chi connectivity index (χ4n) is 3.54. The highest BCUT2D eigenvalue weighted by Crippen LogP contribution is 2.36. The monoisotopic (exact) mass is 360 g/mol. The molecular weight excluding hydrogens is 324 g/mol. The minimum Gasteiger partial charge on any atom is -0.335 e. The Hall–Kier alpha value is -0.960. The summed E-state index contributed by atoms with van der Waals surface area (Å²) in [5, 5.41) is 4.81. The molecule has 1 N–H and O–H groups in total. The van der Waals surface area contributed by atoms with Crippen LogP contribution in [-0.2, 0) is 0 Å². The summed E-state index contributed by atoms with van der Waals surface area (Å²) in [4.78, 5) is 5.02. The topological polar surface area (TPSA) is 24.4 Å². The zero-order chi connectivity index (χ0) is 18.6. The lowest BCUT2D eigenvalue weighted by Gasteiger charge is -2.24. The van der Waals surface area contributed by atoms with Crippen LogP contribution >= 0.6 is 11.8 Å². The van der Waals surface area contributed by atoms with Crippen molar-refractivity contribution in [1.29, 1.82) is 0 Å². The molecule has 1 fully saturated rings. The first-order chi connectivity index (χ1) is 11.8. The summed E-state index contributed by atoms with van der Waals surface area (Å²) in [7, 11) is 0. The normalized spacial score (nSPS) is 16.5. The van der Waals surface area contributed by atoms with E-state index in [4.69, 9.17) is 4.99 Å². The van der Waals surface area contributed by atoms with Crippen LogP contribution in [0.5, 0.6) is 0 Å². The second kappa shape index (κ2) is 9.12. The van der Waals surface area contributed by atoms with E-state index in [9.17, 15) is 0 Å². The lowest BCUT2D eigenvalue weighted by Crippen LogP contribution is -2.16. The van der Waals surface area contributed by atoms with Gasteiger partial charge in [0.2, 0.25) is 0 Å². The number of rotatable bonds is 5. The van der Waals surface area contributed by atoms with Crippen molar-refractivity contribution in [3.8, 4) is 0 Å². The maximum absolute atomic E-state index is 5.02. The van der Waals surface area contributed by atoms with Crippen LogP contribution in [0.15, 0.2) is 17.1 Å². The van der Waals surface area contributed by atoms with E-state index in [1.807, 2.05) is 0 Å². The molecule has 0 unspecified atom stereocenters. The second-order valence-electron chi connectivity index (χ2n) is 8.24. The summed E-state index contributed by atoms with van der Waals surface area (Å²) in [6.07, 6.45) is 7.27. The predicted molar refractivity (Wildman–Crippen MR) is 116 cm³/mol. The quantitative estimate of drug-likeness (QED) is 0.446. The minimum absolute atomic E-state index is 0.494. The molecule has 0 bridgehead atoms. The van der Waals surface area contributed by atoms with Gasteiger partial charge in [0.25, 0.3) is 0 Å². The highest BCUT2D eigenvalue weighted by molar-refractivity contribution is 8.13. The van der Waals surface area contributed by atoms with Crippen LogP contribution in [0.3, 0.4) is 0 Å². The number of anilines is 1. The number of hydrogen-bond acceptors (Lipinski definition) is 2. The summed E-state index contributed by atoms with van der Waals surface area (Å²) < 4.78 is 0. The van der Waals surface area contributed by atoms with Crippen molar-refractivity contribution in [3.05, 3.63) is 28.8 Å². The maximum atomic E-state index is 5.02. The van der Waals surface area contributed by atoms with Crippen LogP contribution in [0.2, 0.25) is 0 Å². The molecule has 0 heterocycles. The standard InChI is InChI=1S/C22H36N2S/c1-14(2)17-12-19(15(3)4)21(20(13-17)16(5)6)24-22(25-7)23-18-10-8-9-11-18/h12-16,18H,8-11H2,1-7H3,(H,23,24). The van der Waals surface area contributed by atoms with E-state index in [-0.39, 0.29) is 0 Å². The Kier molecular flexibility index (Phi) is 7.42. The Morgan fingerprint density at radius 1 is 0.960 bits per heavy atom. The Labute approximate surface area is 159 Å². The summed E-state index contributed by atoms with van der Waals surface area (Å²) in [5.74, 6) is 1.54. The molecule has 0 amide bonds. The van der Waals surface area contributed by atoms with Crippen molar-refractivity contribution >= 4 is 22.6 Å². The van der Waals surface area contributed by atoms with E-state index in [0.29, 0.717) is 23.8 Å². The van der Waals surface area contributed by atoms with Crippen LogP contribution < -0.4 is 5.32 Å². The van der Waals surface area contributed by atoms with Gasteiger partial charge in [0.05, 0.1) is 6.04 Å². The third-order valence-corrected chi connectivity index (χ3v) is 5.78. The smallest absolute Gasteiger partial charge is 0.161 e. The zero-order valence-electron chi connectivity index (χ0n) is 17.1. The molecule has 3 heteroatoms. The van der Waals surface area contributed by atoms with E-state index in [0.717, 1.165) is 5.17 Å². The minimum atomic E-state index is 0.494. The van der Waals surface area contributed by atoms with E-state index in [2.05, 4.69) is 65.2 Å². The molecular formula is C22H36N2S. The molecule has 1 saturated carbocycles. The molecule has 0 aliphatic heterocycles. The number of amidine groups is 1. The molecule has 2 rings (SSSR count). The molecule has 2 nitrogen and oxygen atoms in total. The lowest BCUT2D eigenvalue weighted by molar-refractivity contribution is 0.709. The molecule has 0 aromatic heterocycles. The van der Waals surface area contributed by atoms with Gasteiger partial charge in [-0.3, -0.25) is 4.99 Å². The largest absolute Gasteiger partial charge is 0.335 e. The van der Waals surface area contributed by atoms with E-state index in [1.54, 1.807) is 11.8 Å². The van der Waals surface area contributed by atoms with Gasteiger partial charge in [-0.05, 0) is 53.5 Å². The Bertz CT molecular complexity index is 567. The van der Waals surface area contributed by atoms with Crippen molar-refractivity contribution < 1.29 is 0 Å². The molecule has 25 heavy (non-hydrogen) atoms. The Morgan fingerprint density at radius 3 is 1.88 bits per heavy atom. The average Bonchev–Trinajstić information content (AvgIpc) is 3.06. The third kappa shape index (κ3) is 5.26. The summed E-state index contributed by atoms with van der Waals surface area (Å²) in [5.41, 5.74) is 5.57. The summed E-state index contributed by atoms with van der Waals surface area (Å²) >= 11 is 1.74. The Morgan fingerprint density at radius 2 is 1.48 bits per heavy atom. The van der Waals surface area contributed by atoms with Gasteiger partial charge in [-0.25, -0.2) is 0 Å². The molecule has 0 radical (unpaired) electrons. The Balaban J connectivity index is 2.45. The molecule has 1 aromatic rings. The predicted octanol–water partition coefficient (Wildman–Crippen LogP) is 7.13. The number of thioether (sulfide) groups is 1. The fourth-order valence-corrected chi connectivity index (χ4v) is 4.00. The highest BCUT2D eigenvalue weighted by Gasteiger charge is 2.19. The summed E-state index contributed by atoms with van der Waals surface area (Å²) in [6, 6.07) is 5.31. The lowest BCUT2D eigenvalue weighted by atomic mass is 9.87. The van der Waals surface area contributed by atoms with Crippen molar-refractivity contribution in [2.24, 2.45) is 4.99 Å². The molecule has 1 aromatic carbocycles. The van der Waals surface area contributed by atoms with Crippen LogP contribution in [0.4, 0.5) is 5.69 Å². The average molecular weight is 361 g/mol. The zero-order valence-corrected chi connectivity index (χ0v) is 18.0. The van der Waals surface area contributed by atoms with Crippen molar-refractivity contribution in [2.45, 2.75) is 91.0 Å². The summed E-state index contributed by atoms with van der Waals surface area (Å²) in [6.45, 7) is 13.7. The first kappa shape index (κ1) is 20.4. The molecule has 1 aliphatic rings. The maximum Gasteiger partial charge on any atom is 0.161 e. The molecule has 0 atom stereocenters. The van der Waals surface area contributed by atoms with Crippen LogP contribution in [0.1, 0.15) is 102 Å². The SMILES string of the molecule is CSC(=NC1CCCC1)Nc1c(C(C)C)cc(C(C)C)cc1C(C)C. The van der Waals surface area contributed by atoms with Gasteiger partial charge >= 0.3 is 0 Å². The molecule has 0 saturated heterocycles. The number of benzene rings is 1. The number of nitrogens with one attached hydrogen (secondary N) is 1. The molecule has 1 aliphatic carbocycles. The number of hydrogen-bond donors (Lipinski definition) is 1. The van der Waals surface area contributed by atoms with E-state index < -0.39 is 0 Å². The van der Waals surface area contributed by atoms with Gasteiger partial charge < -0.3 is 5.32 Å². The van der Waals surface area contributed by atoms with Crippen molar-refractivity contribution in [3.63, 3.8) is 0 Å². The van der Waals surface area contributed by atoms with Crippen molar-refractivity contribution in [1.82, 2.24) is 0 Å². The van der Waals surface area contributed by atoms with Crippen molar-refractivity contribution in [2.75, 3.05) is 11.6 Å². The van der Waals surface area contributed by atoms with Gasteiger partial charge in [-0.2, -0.15) is 0 Å². The van der Waals surface area contributed by atoms with Gasteiger partial charge in [0.15, 0.2) is 5.17 Å². The second-order valence-corrected chi connectivity index (χ2v) is 9.04. The van der Waals surface area contributed by atoms with E-state index >= 15 is 0 Å². The molecule has 140 valence electrons. The van der Waals surface area contributed by atoms with Crippen LogP contribution in [0.25, 0.3) is 0 Å². The third-order valence-electron chi connectivity index (χ3n) is 5.18. The van der Waals surface area contributed by atoms with Gasteiger partial charge in [0.1, 0.15) is 0 Å². The number of aliphatic imine (C=N–C) groups is 1. The van der Waals surface area contributed by atoms with Gasteiger partial charge in [0, 0.05) is 5.69 Å². The number of nitrogens with zero attached hydrogens (tertiary/aromatic N) is 1. The van der Waals surface area contributed by atoms with Crippen LogP contribution in [-0.4, -0.2) is 17.5 Å².